The minimum atomic E-state index is 0.281. The van der Waals surface area contributed by atoms with Gasteiger partial charge in [-0.1, -0.05) is 12.1 Å². The van der Waals surface area contributed by atoms with Gasteiger partial charge in [-0.15, -0.1) is 0 Å². The standard InChI is InChI=1S/C6H15N3O/c1-2-4-8-5-3-6(7)9-10/h8,10H,2-5H2,1H3,(H2,7,9). The number of hydrogen-bond donors (Lipinski definition) is 3. The molecule has 10 heavy (non-hydrogen) atoms. The Labute approximate surface area is 61.1 Å². The van der Waals surface area contributed by atoms with Crippen LogP contribution in [0, 0.1) is 0 Å². The average molecular weight is 145 g/mol. The molecule has 0 fully saturated rings. The lowest BCUT2D eigenvalue weighted by Crippen LogP contribution is -2.22. The van der Waals surface area contributed by atoms with Crippen LogP contribution in [0.1, 0.15) is 19.8 Å². The highest BCUT2D eigenvalue weighted by molar-refractivity contribution is 5.79. The summed E-state index contributed by atoms with van der Waals surface area (Å²) in [7, 11) is 0. The fourth-order valence-corrected chi connectivity index (χ4v) is 0.568. The molecule has 0 aromatic rings. The Hall–Kier alpha value is -0.770. The zero-order chi connectivity index (χ0) is 7.82. The van der Waals surface area contributed by atoms with Crippen LogP contribution in [0.4, 0.5) is 0 Å². The third-order valence-corrected chi connectivity index (χ3v) is 1.11. The molecule has 0 aliphatic carbocycles. The van der Waals surface area contributed by atoms with Gasteiger partial charge in [-0.05, 0) is 13.0 Å². The lowest BCUT2D eigenvalue weighted by molar-refractivity contribution is 0.316. The summed E-state index contributed by atoms with van der Waals surface area (Å²) in [5, 5.41) is 14.1. The third-order valence-electron chi connectivity index (χ3n) is 1.11. The summed E-state index contributed by atoms with van der Waals surface area (Å²) in [4.78, 5) is 0. The summed E-state index contributed by atoms with van der Waals surface area (Å²) in [6, 6.07) is 0. The topological polar surface area (TPSA) is 70.6 Å². The van der Waals surface area contributed by atoms with Crippen LogP contribution in [0.15, 0.2) is 5.16 Å². The fraction of sp³-hybridized carbons (Fsp3) is 0.833. The summed E-state index contributed by atoms with van der Waals surface area (Å²) < 4.78 is 0. The highest BCUT2D eigenvalue weighted by Gasteiger charge is 1.90. The Morgan fingerprint density at radius 1 is 1.60 bits per heavy atom. The Morgan fingerprint density at radius 3 is 2.80 bits per heavy atom. The Bertz CT molecular complexity index is 103. The molecule has 0 spiro atoms. The van der Waals surface area contributed by atoms with Crippen molar-refractivity contribution in [3.63, 3.8) is 0 Å². The predicted molar refractivity (Wildman–Crippen MR) is 41.2 cm³/mol. The van der Waals surface area contributed by atoms with Gasteiger partial charge in [0.2, 0.25) is 0 Å². The van der Waals surface area contributed by atoms with Crippen LogP contribution < -0.4 is 11.1 Å². The van der Waals surface area contributed by atoms with Crippen molar-refractivity contribution in [2.45, 2.75) is 19.8 Å². The Balaban J connectivity index is 3.04. The number of amidine groups is 1. The number of oxime groups is 1. The molecule has 4 N–H and O–H groups in total. The summed E-state index contributed by atoms with van der Waals surface area (Å²) in [5.41, 5.74) is 5.22. The first-order valence-corrected chi connectivity index (χ1v) is 3.48. The van der Waals surface area contributed by atoms with E-state index in [1.165, 1.54) is 0 Å². The summed E-state index contributed by atoms with van der Waals surface area (Å²) in [5.74, 6) is 0.281. The van der Waals surface area contributed by atoms with Crippen molar-refractivity contribution in [2.24, 2.45) is 10.9 Å². The van der Waals surface area contributed by atoms with Crippen LogP contribution in [0.2, 0.25) is 0 Å². The zero-order valence-corrected chi connectivity index (χ0v) is 6.30. The molecule has 0 amide bonds. The largest absolute Gasteiger partial charge is 0.409 e. The molecule has 0 aliphatic rings. The zero-order valence-electron chi connectivity index (χ0n) is 6.30. The molecule has 0 aliphatic heterocycles. The minimum absolute atomic E-state index is 0.281. The molecule has 0 heterocycles. The van der Waals surface area contributed by atoms with Gasteiger partial charge < -0.3 is 16.3 Å². The molecule has 0 rings (SSSR count). The van der Waals surface area contributed by atoms with Gasteiger partial charge in [0.1, 0.15) is 5.84 Å². The minimum Gasteiger partial charge on any atom is -0.409 e. The van der Waals surface area contributed by atoms with Crippen LogP contribution in [0.5, 0.6) is 0 Å². The van der Waals surface area contributed by atoms with E-state index in [1.807, 2.05) is 0 Å². The fourth-order valence-electron chi connectivity index (χ4n) is 0.568. The summed E-state index contributed by atoms with van der Waals surface area (Å²) in [6.07, 6.45) is 1.71. The molecular formula is C6H15N3O. The molecule has 0 saturated carbocycles. The van der Waals surface area contributed by atoms with Gasteiger partial charge in [-0.2, -0.15) is 0 Å². The van der Waals surface area contributed by atoms with Crippen molar-refractivity contribution >= 4 is 5.84 Å². The Morgan fingerprint density at radius 2 is 2.30 bits per heavy atom. The maximum Gasteiger partial charge on any atom is 0.140 e. The van der Waals surface area contributed by atoms with Crippen LogP contribution >= 0.6 is 0 Å². The lowest BCUT2D eigenvalue weighted by Gasteiger charge is -1.99. The molecule has 60 valence electrons. The summed E-state index contributed by atoms with van der Waals surface area (Å²) >= 11 is 0. The van der Waals surface area contributed by atoms with Gasteiger partial charge in [0, 0.05) is 13.0 Å². The quantitative estimate of drug-likeness (QED) is 0.169. The van der Waals surface area contributed by atoms with E-state index >= 15 is 0 Å². The smallest absolute Gasteiger partial charge is 0.140 e. The van der Waals surface area contributed by atoms with E-state index in [0.29, 0.717) is 6.42 Å². The van der Waals surface area contributed by atoms with Crippen molar-refractivity contribution in [3.8, 4) is 0 Å². The number of hydrogen-bond acceptors (Lipinski definition) is 3. The molecule has 4 heteroatoms. The number of nitrogens with two attached hydrogens (primary N) is 1. The Kier molecular flexibility index (Phi) is 5.86. The lowest BCUT2D eigenvalue weighted by atomic mass is 10.4. The van der Waals surface area contributed by atoms with Crippen molar-refractivity contribution in [1.82, 2.24) is 5.32 Å². The molecular weight excluding hydrogens is 130 g/mol. The first-order valence-electron chi connectivity index (χ1n) is 3.48. The second-order valence-corrected chi connectivity index (χ2v) is 2.09. The number of nitrogens with one attached hydrogen (secondary N) is 1. The molecule has 0 aromatic carbocycles. The van der Waals surface area contributed by atoms with Gasteiger partial charge >= 0.3 is 0 Å². The van der Waals surface area contributed by atoms with E-state index in [-0.39, 0.29) is 5.84 Å². The maximum atomic E-state index is 8.13. The predicted octanol–water partition coefficient (Wildman–Crippen LogP) is 0.122. The number of rotatable bonds is 5. The van der Waals surface area contributed by atoms with E-state index in [1.54, 1.807) is 0 Å². The second kappa shape index (κ2) is 6.35. The second-order valence-electron chi connectivity index (χ2n) is 2.09. The molecule has 0 radical (unpaired) electrons. The molecule has 0 aromatic heterocycles. The molecule has 4 nitrogen and oxygen atoms in total. The van der Waals surface area contributed by atoms with Gasteiger partial charge in [0.05, 0.1) is 0 Å². The van der Waals surface area contributed by atoms with E-state index in [9.17, 15) is 0 Å². The van der Waals surface area contributed by atoms with Crippen molar-refractivity contribution in [2.75, 3.05) is 13.1 Å². The first-order chi connectivity index (χ1) is 4.81. The van der Waals surface area contributed by atoms with E-state index in [2.05, 4.69) is 17.4 Å². The van der Waals surface area contributed by atoms with Crippen LogP contribution in [-0.4, -0.2) is 24.1 Å². The van der Waals surface area contributed by atoms with Crippen LogP contribution in [0.3, 0.4) is 0 Å². The van der Waals surface area contributed by atoms with E-state index in [4.69, 9.17) is 10.9 Å². The van der Waals surface area contributed by atoms with Crippen molar-refractivity contribution < 1.29 is 5.21 Å². The first kappa shape index (κ1) is 9.23. The highest BCUT2D eigenvalue weighted by atomic mass is 16.4. The van der Waals surface area contributed by atoms with Crippen LogP contribution in [0.25, 0.3) is 0 Å². The molecule has 0 bridgehead atoms. The average Bonchev–Trinajstić information content (AvgIpc) is 1.98. The van der Waals surface area contributed by atoms with Gasteiger partial charge in [-0.25, -0.2) is 0 Å². The van der Waals surface area contributed by atoms with Gasteiger partial charge in [-0.3, -0.25) is 0 Å². The molecule has 0 saturated heterocycles. The molecule has 0 atom stereocenters. The van der Waals surface area contributed by atoms with Gasteiger partial charge in [0.25, 0.3) is 0 Å². The van der Waals surface area contributed by atoms with E-state index < -0.39 is 0 Å². The third kappa shape index (κ3) is 5.37. The maximum absolute atomic E-state index is 8.13. The highest BCUT2D eigenvalue weighted by Crippen LogP contribution is 1.76. The number of nitrogens with zero attached hydrogens (tertiary/aromatic N) is 1. The van der Waals surface area contributed by atoms with E-state index in [0.717, 1.165) is 19.5 Å². The molecule has 0 unspecified atom stereocenters. The van der Waals surface area contributed by atoms with Gasteiger partial charge in [0.15, 0.2) is 0 Å². The van der Waals surface area contributed by atoms with Crippen LogP contribution in [-0.2, 0) is 0 Å². The normalized spacial score (nSPS) is 11.9. The monoisotopic (exact) mass is 145 g/mol. The summed E-state index contributed by atoms with van der Waals surface area (Å²) in [6.45, 7) is 3.86. The van der Waals surface area contributed by atoms with Crippen molar-refractivity contribution in [3.05, 3.63) is 0 Å². The van der Waals surface area contributed by atoms with Crippen molar-refractivity contribution in [1.29, 1.82) is 0 Å². The SMILES string of the molecule is CCCNCC/C(N)=N\O.